The van der Waals surface area contributed by atoms with E-state index in [9.17, 15) is 0 Å². The van der Waals surface area contributed by atoms with Crippen LogP contribution in [0, 0.1) is 13.8 Å². The molecule has 0 spiro atoms. The van der Waals surface area contributed by atoms with E-state index in [0.29, 0.717) is 0 Å². The number of hydrogen-bond acceptors (Lipinski definition) is 2. The summed E-state index contributed by atoms with van der Waals surface area (Å²) in [5.74, 6) is 0. The lowest BCUT2D eigenvalue weighted by Crippen LogP contribution is -1.96. The van der Waals surface area contributed by atoms with Crippen LogP contribution in [-0.2, 0) is 0 Å². The van der Waals surface area contributed by atoms with Crippen molar-refractivity contribution in [3.8, 4) is 0 Å². The molecular formula is C17H14Cl2N2. The van der Waals surface area contributed by atoms with Gasteiger partial charge in [0.25, 0.3) is 0 Å². The second kappa shape index (κ2) is 5.55. The molecule has 0 aliphatic heterocycles. The molecule has 0 atom stereocenters. The second-order valence-corrected chi connectivity index (χ2v) is 5.85. The van der Waals surface area contributed by atoms with Crippen LogP contribution >= 0.6 is 23.2 Å². The molecule has 0 bridgehead atoms. The number of fused-ring (bicyclic) bond motifs is 1. The van der Waals surface area contributed by atoms with Gasteiger partial charge in [-0.3, -0.25) is 4.98 Å². The minimum atomic E-state index is 0.731. The summed E-state index contributed by atoms with van der Waals surface area (Å²) in [6.45, 7) is 4.01. The van der Waals surface area contributed by atoms with E-state index in [4.69, 9.17) is 23.2 Å². The molecule has 0 fully saturated rings. The maximum Gasteiger partial charge on any atom is 0.0766 e. The highest BCUT2D eigenvalue weighted by molar-refractivity contribution is 6.32. The lowest BCUT2D eigenvalue weighted by atomic mass is 10.1. The molecule has 3 aromatic rings. The number of aromatic nitrogens is 1. The summed E-state index contributed by atoms with van der Waals surface area (Å²) in [5, 5.41) is 5.96. The molecule has 0 aliphatic carbocycles. The van der Waals surface area contributed by atoms with E-state index < -0.39 is 0 Å². The van der Waals surface area contributed by atoms with E-state index in [2.05, 4.69) is 10.3 Å². The fourth-order valence-electron chi connectivity index (χ4n) is 2.36. The van der Waals surface area contributed by atoms with E-state index in [0.717, 1.165) is 43.4 Å². The average molecular weight is 317 g/mol. The Labute approximate surface area is 133 Å². The number of hydrogen-bond donors (Lipinski definition) is 1. The summed E-state index contributed by atoms with van der Waals surface area (Å²) in [6.07, 6.45) is 1.79. The van der Waals surface area contributed by atoms with Crippen molar-refractivity contribution in [2.45, 2.75) is 13.8 Å². The fraction of sp³-hybridized carbons (Fsp3) is 0.118. The fourth-order valence-corrected chi connectivity index (χ4v) is 2.74. The Balaban J connectivity index is 2.11. The van der Waals surface area contributed by atoms with Crippen LogP contribution in [0.1, 0.15) is 11.1 Å². The average Bonchev–Trinajstić information content (AvgIpc) is 2.46. The van der Waals surface area contributed by atoms with Crippen molar-refractivity contribution >= 4 is 45.5 Å². The van der Waals surface area contributed by atoms with Crippen molar-refractivity contribution in [2.75, 3.05) is 5.32 Å². The largest absolute Gasteiger partial charge is 0.355 e. The van der Waals surface area contributed by atoms with Crippen molar-refractivity contribution in [1.29, 1.82) is 0 Å². The molecule has 2 nitrogen and oxygen atoms in total. The van der Waals surface area contributed by atoms with E-state index in [-0.39, 0.29) is 0 Å². The van der Waals surface area contributed by atoms with Gasteiger partial charge < -0.3 is 5.32 Å². The Morgan fingerprint density at radius 3 is 2.52 bits per heavy atom. The van der Waals surface area contributed by atoms with Crippen LogP contribution in [0.25, 0.3) is 10.9 Å². The first-order valence-electron chi connectivity index (χ1n) is 6.63. The quantitative estimate of drug-likeness (QED) is 0.636. The Morgan fingerprint density at radius 2 is 1.76 bits per heavy atom. The van der Waals surface area contributed by atoms with Gasteiger partial charge in [0.05, 0.1) is 5.52 Å². The Morgan fingerprint density at radius 1 is 0.952 bits per heavy atom. The molecule has 1 aromatic heterocycles. The van der Waals surface area contributed by atoms with E-state index in [1.165, 1.54) is 0 Å². The normalized spacial score (nSPS) is 10.9. The van der Waals surface area contributed by atoms with Gasteiger partial charge in [-0.25, -0.2) is 0 Å². The van der Waals surface area contributed by atoms with E-state index in [1.54, 1.807) is 6.20 Å². The number of anilines is 2. The van der Waals surface area contributed by atoms with Crippen molar-refractivity contribution in [2.24, 2.45) is 0 Å². The summed E-state index contributed by atoms with van der Waals surface area (Å²) in [5.41, 5.74) is 5.03. The van der Waals surface area contributed by atoms with E-state index in [1.807, 2.05) is 50.2 Å². The number of pyridine rings is 1. The molecule has 0 saturated heterocycles. The third-order valence-electron chi connectivity index (χ3n) is 3.56. The molecule has 4 heteroatoms. The topological polar surface area (TPSA) is 24.9 Å². The lowest BCUT2D eigenvalue weighted by molar-refractivity contribution is 1.36. The third kappa shape index (κ3) is 2.69. The molecule has 2 aromatic carbocycles. The Kier molecular flexibility index (Phi) is 3.75. The summed E-state index contributed by atoms with van der Waals surface area (Å²) in [4.78, 5) is 4.43. The summed E-state index contributed by atoms with van der Waals surface area (Å²) >= 11 is 12.2. The van der Waals surface area contributed by atoms with Crippen LogP contribution in [-0.4, -0.2) is 4.98 Å². The van der Waals surface area contributed by atoms with Crippen LogP contribution < -0.4 is 5.32 Å². The molecular weight excluding hydrogens is 303 g/mol. The maximum atomic E-state index is 6.17. The predicted molar refractivity (Wildman–Crippen MR) is 91.0 cm³/mol. The van der Waals surface area contributed by atoms with Gasteiger partial charge in [0.2, 0.25) is 0 Å². The molecule has 0 amide bonds. The summed E-state index contributed by atoms with van der Waals surface area (Å²) < 4.78 is 0. The van der Waals surface area contributed by atoms with Gasteiger partial charge in [0.1, 0.15) is 0 Å². The van der Waals surface area contributed by atoms with Gasteiger partial charge >= 0.3 is 0 Å². The molecule has 106 valence electrons. The number of rotatable bonds is 2. The number of nitrogens with one attached hydrogen (secondary N) is 1. The first-order valence-corrected chi connectivity index (χ1v) is 7.39. The SMILES string of the molecule is Cc1cc(Cl)ccc1Nc1ccnc2c(C)c(Cl)ccc12. The highest BCUT2D eigenvalue weighted by Gasteiger charge is 2.08. The lowest BCUT2D eigenvalue weighted by Gasteiger charge is -2.13. The zero-order valence-electron chi connectivity index (χ0n) is 11.7. The molecule has 1 N–H and O–H groups in total. The summed E-state index contributed by atoms with van der Waals surface area (Å²) in [6, 6.07) is 11.7. The van der Waals surface area contributed by atoms with Gasteiger partial charge in [-0.15, -0.1) is 0 Å². The highest BCUT2D eigenvalue weighted by Crippen LogP contribution is 2.31. The van der Waals surface area contributed by atoms with Crippen molar-refractivity contribution in [1.82, 2.24) is 4.98 Å². The molecule has 0 saturated carbocycles. The molecule has 3 rings (SSSR count). The zero-order chi connectivity index (χ0) is 15.0. The maximum absolute atomic E-state index is 6.17. The third-order valence-corrected chi connectivity index (χ3v) is 4.20. The number of aryl methyl sites for hydroxylation is 2. The molecule has 0 radical (unpaired) electrons. The number of halogens is 2. The molecule has 1 heterocycles. The smallest absolute Gasteiger partial charge is 0.0766 e. The minimum Gasteiger partial charge on any atom is -0.355 e. The standard InChI is InChI=1S/C17H14Cl2N2/c1-10-9-12(18)3-6-15(10)21-16-7-8-20-17-11(2)14(19)5-4-13(16)17/h3-9H,1-2H3,(H,20,21). The second-order valence-electron chi connectivity index (χ2n) is 5.01. The van der Waals surface area contributed by atoms with Gasteiger partial charge in [0.15, 0.2) is 0 Å². The van der Waals surface area contributed by atoms with Gasteiger partial charge in [-0.05, 0) is 61.4 Å². The minimum absolute atomic E-state index is 0.731. The van der Waals surface area contributed by atoms with E-state index >= 15 is 0 Å². The highest BCUT2D eigenvalue weighted by atomic mass is 35.5. The van der Waals surface area contributed by atoms with Gasteiger partial charge in [-0.1, -0.05) is 23.2 Å². The summed E-state index contributed by atoms with van der Waals surface area (Å²) in [7, 11) is 0. The molecule has 0 unspecified atom stereocenters. The van der Waals surface area contributed by atoms with Crippen LogP contribution in [0.3, 0.4) is 0 Å². The predicted octanol–water partition coefficient (Wildman–Crippen LogP) is 5.90. The molecule has 0 aliphatic rings. The van der Waals surface area contributed by atoms with Crippen LogP contribution in [0.15, 0.2) is 42.6 Å². The van der Waals surface area contributed by atoms with Crippen LogP contribution in [0.2, 0.25) is 10.0 Å². The Bertz CT molecular complexity index is 828. The molecule has 21 heavy (non-hydrogen) atoms. The van der Waals surface area contributed by atoms with Gasteiger partial charge in [0, 0.05) is 33.0 Å². The number of benzene rings is 2. The first-order chi connectivity index (χ1) is 10.1. The van der Waals surface area contributed by atoms with Crippen LogP contribution in [0.4, 0.5) is 11.4 Å². The zero-order valence-corrected chi connectivity index (χ0v) is 13.3. The Hall–Kier alpha value is -1.77. The monoisotopic (exact) mass is 316 g/mol. The van der Waals surface area contributed by atoms with Crippen molar-refractivity contribution in [3.63, 3.8) is 0 Å². The van der Waals surface area contributed by atoms with Crippen molar-refractivity contribution in [3.05, 3.63) is 63.8 Å². The number of nitrogens with zero attached hydrogens (tertiary/aromatic N) is 1. The van der Waals surface area contributed by atoms with Crippen molar-refractivity contribution < 1.29 is 0 Å². The van der Waals surface area contributed by atoms with Gasteiger partial charge in [-0.2, -0.15) is 0 Å². The van der Waals surface area contributed by atoms with Crippen LogP contribution in [0.5, 0.6) is 0 Å². The first kappa shape index (κ1) is 14.2.